The summed E-state index contributed by atoms with van der Waals surface area (Å²) in [6, 6.07) is 58.0. The van der Waals surface area contributed by atoms with Gasteiger partial charge in [-0.2, -0.15) is 0 Å². The molecule has 8 aromatic rings. The summed E-state index contributed by atoms with van der Waals surface area (Å²) in [5, 5.41) is 0. The monoisotopic (exact) mass is 1840 g/mol. The molecule has 0 bridgehead atoms. The van der Waals surface area contributed by atoms with Crippen LogP contribution in [0, 0.1) is 27.7 Å². The first-order valence-electron chi connectivity index (χ1n) is 43.5. The molecule has 0 saturated heterocycles. The van der Waals surface area contributed by atoms with Gasteiger partial charge in [0, 0.05) is 35.6 Å². The van der Waals surface area contributed by atoms with Gasteiger partial charge >= 0.3 is 47.8 Å². The Kier molecular flexibility index (Phi) is 57.1. The zero-order valence-corrected chi connectivity index (χ0v) is 76.2. The molecule has 0 aromatic heterocycles. The minimum absolute atomic E-state index is 0.0646. The Morgan fingerprint density at radius 3 is 0.705 bits per heavy atom. The Morgan fingerprint density at radius 2 is 0.424 bits per heavy atom. The summed E-state index contributed by atoms with van der Waals surface area (Å²) in [7, 11) is 0. The third kappa shape index (κ3) is 56.4. The summed E-state index contributed by atoms with van der Waals surface area (Å²) in [6.07, 6.45) is 4.32. The maximum Gasteiger partial charge on any atom is 0.347 e. The number of esters is 8. The highest BCUT2D eigenvalue weighted by Crippen LogP contribution is 2.21. The lowest BCUT2D eigenvalue weighted by molar-refractivity contribution is -0.155. The average Bonchev–Trinajstić information content (AvgIpc) is 0.897. The fourth-order valence-electron chi connectivity index (χ4n) is 10.4. The van der Waals surface area contributed by atoms with Crippen molar-refractivity contribution in [1.29, 1.82) is 0 Å². The van der Waals surface area contributed by atoms with Crippen LogP contribution < -0.4 is 60.8 Å². The number of carbonyl (C=O) groups excluding carboxylic acids is 8. The van der Waals surface area contributed by atoms with E-state index in [0.29, 0.717) is 90.8 Å². The van der Waals surface area contributed by atoms with Crippen molar-refractivity contribution in [2.45, 2.75) is 105 Å². The molecule has 0 fully saturated rings. The number of hydrogen-bond acceptors (Lipinski definition) is 34. The number of nitrogen functional groups attached to an aromatic ring is 4. The fourth-order valence-corrected chi connectivity index (χ4v) is 10.4. The lowest BCUT2D eigenvalue weighted by Crippen LogP contribution is -2.28. The first kappa shape index (κ1) is 109. The molecule has 8 aromatic carbocycles. The first-order valence-corrected chi connectivity index (χ1v) is 43.5. The van der Waals surface area contributed by atoms with Crippen LogP contribution in [0.1, 0.15) is 87.5 Å². The second kappa shape index (κ2) is 68.9. The van der Waals surface area contributed by atoms with E-state index in [1.54, 1.807) is 123 Å². The van der Waals surface area contributed by atoms with E-state index in [9.17, 15) is 38.4 Å². The molecule has 8 N–H and O–H groups in total. The van der Waals surface area contributed by atoms with Crippen molar-refractivity contribution in [2.75, 3.05) is 195 Å². The molecule has 8 rings (SSSR count). The molecule has 0 aliphatic rings. The summed E-state index contributed by atoms with van der Waals surface area (Å²) < 4.78 is 116. The predicted molar refractivity (Wildman–Crippen MR) is 491 cm³/mol. The first-order chi connectivity index (χ1) is 63.9. The van der Waals surface area contributed by atoms with E-state index in [1.165, 1.54) is 5.56 Å². The fraction of sp³-hybridized carbons (Fsp3) is 0.429. The third-order valence-corrected chi connectivity index (χ3v) is 17.5. The molecular weight excluding hydrogens is 1710 g/mol. The number of ether oxygens (including phenoxy) is 22. The van der Waals surface area contributed by atoms with Crippen LogP contribution in [0.2, 0.25) is 0 Å². The smallest absolute Gasteiger partial charge is 0.347 e. The molecule has 2 unspecified atom stereocenters. The normalized spacial score (nSPS) is 11.0. The van der Waals surface area contributed by atoms with E-state index in [1.807, 2.05) is 113 Å². The number of aryl methyl sites for hydroxylation is 4. The van der Waals surface area contributed by atoms with Crippen molar-refractivity contribution < 1.29 is 143 Å². The summed E-state index contributed by atoms with van der Waals surface area (Å²) in [4.78, 5) is 93.7. The van der Waals surface area contributed by atoms with Gasteiger partial charge in [0.15, 0.2) is 25.4 Å². The van der Waals surface area contributed by atoms with Crippen LogP contribution in [0.25, 0.3) is 0 Å². The van der Waals surface area contributed by atoms with Crippen LogP contribution in [0.3, 0.4) is 0 Å². The summed E-state index contributed by atoms with van der Waals surface area (Å²) >= 11 is 0. The number of rotatable bonds is 62. The van der Waals surface area contributed by atoms with Gasteiger partial charge in [0.2, 0.25) is 0 Å². The molecule has 0 aliphatic carbocycles. The van der Waals surface area contributed by atoms with E-state index >= 15 is 0 Å². The Labute approximate surface area is 771 Å². The molecule has 0 spiro atoms. The quantitative estimate of drug-likeness (QED) is 0.0119. The topological polar surface area (TPSA) is 444 Å². The number of unbranched alkanes of at least 4 members (excludes halogenated alkanes) is 4. The van der Waals surface area contributed by atoms with Gasteiger partial charge in [-0.3, -0.25) is 9.59 Å². The summed E-state index contributed by atoms with van der Waals surface area (Å²) in [5.74, 6) is 1.89. The Hall–Kier alpha value is -13.1. The Morgan fingerprint density at radius 1 is 0.212 bits per heavy atom. The molecule has 132 heavy (non-hydrogen) atoms. The van der Waals surface area contributed by atoms with Gasteiger partial charge in [0.25, 0.3) is 0 Å². The Balaban J connectivity index is 0.000000313. The van der Waals surface area contributed by atoms with Crippen LogP contribution in [0.4, 0.5) is 22.7 Å². The molecule has 34 nitrogen and oxygen atoms in total. The van der Waals surface area contributed by atoms with Crippen molar-refractivity contribution in [1.82, 2.24) is 0 Å². The molecule has 2 atom stereocenters. The van der Waals surface area contributed by atoms with E-state index < -0.39 is 48.0 Å². The molecule has 720 valence electrons. The van der Waals surface area contributed by atoms with Crippen molar-refractivity contribution in [3.05, 3.63) is 216 Å². The largest absolute Gasteiger partial charge is 0.494 e. The molecular formula is C98H128N4O30. The summed E-state index contributed by atoms with van der Waals surface area (Å²) in [6.45, 7) is 15.3. The van der Waals surface area contributed by atoms with Gasteiger partial charge in [-0.25, -0.2) is 28.8 Å². The predicted octanol–water partition coefficient (Wildman–Crippen LogP) is 12.5. The second-order valence-electron chi connectivity index (χ2n) is 28.9. The highest BCUT2D eigenvalue weighted by molar-refractivity contribution is 5.76. The van der Waals surface area contributed by atoms with Crippen LogP contribution in [0.15, 0.2) is 194 Å². The van der Waals surface area contributed by atoms with Crippen LogP contribution in [-0.2, 0) is 105 Å². The van der Waals surface area contributed by atoms with Crippen molar-refractivity contribution >= 4 is 70.5 Å². The van der Waals surface area contributed by atoms with E-state index in [4.69, 9.17) is 127 Å². The zero-order valence-electron chi connectivity index (χ0n) is 76.2. The van der Waals surface area contributed by atoms with Crippen molar-refractivity contribution in [2.24, 2.45) is 0 Å². The molecule has 0 saturated carbocycles. The highest BCUT2D eigenvalue weighted by Gasteiger charge is 2.19. The molecule has 0 aliphatic heterocycles. The van der Waals surface area contributed by atoms with Gasteiger partial charge in [-0.1, -0.05) is 70.8 Å². The SMILES string of the molecule is Cc1ccc(OC(C)C(=O)OCCOCCOC(=O)C(C)Oc2ccc(N)cc2)cc1.Cc1ccc(OCC(=O)OCCOCCOC(=O)COc2ccc(N)cc2)cc1.Cc1ccc(OCCCCCC(=O)OCCOCCOC(=O)CCCCCOc2ccc(N)cc2)cc1.Cc1ccc(OCCOCC(=O)OCCOCCOC(=O)COCCOc2ccc(N)cc2)cc1. The molecule has 0 radical (unpaired) electrons. The van der Waals surface area contributed by atoms with E-state index in [2.05, 4.69) is 0 Å². The van der Waals surface area contributed by atoms with Gasteiger partial charge < -0.3 is 127 Å². The van der Waals surface area contributed by atoms with Gasteiger partial charge in [-0.15, -0.1) is 0 Å². The van der Waals surface area contributed by atoms with Gasteiger partial charge in [0.1, 0.15) is 125 Å². The number of benzene rings is 8. The second-order valence-corrected chi connectivity index (χ2v) is 28.9. The highest BCUT2D eigenvalue weighted by atomic mass is 16.6. The summed E-state index contributed by atoms with van der Waals surface area (Å²) in [5.41, 5.74) is 29.6. The molecule has 0 amide bonds. The maximum absolute atomic E-state index is 11.9. The minimum Gasteiger partial charge on any atom is -0.494 e. The number of nitrogens with two attached hydrogens (primary N) is 4. The minimum atomic E-state index is -0.764. The maximum atomic E-state index is 11.9. The molecule has 34 heteroatoms. The van der Waals surface area contributed by atoms with Gasteiger partial charge in [-0.05, 0) is 226 Å². The van der Waals surface area contributed by atoms with Crippen LogP contribution >= 0.6 is 0 Å². The van der Waals surface area contributed by atoms with E-state index in [-0.39, 0.29) is 157 Å². The van der Waals surface area contributed by atoms with Gasteiger partial charge in [0.05, 0.1) is 79.3 Å². The lowest BCUT2D eigenvalue weighted by Gasteiger charge is -2.15. The van der Waals surface area contributed by atoms with Crippen molar-refractivity contribution in [3.63, 3.8) is 0 Å². The standard InChI is InChI=1S/C29H41NO7.C25H33NO9.C23H29NO7.C21H25NO7/c1-24-10-14-26(15-11-24)34-18-6-2-4-8-28(31)36-22-20-33-21-23-37-29(32)9-5-3-7-19-35-27-16-12-25(30)13-17-27;1-20-2-6-22(7-3-20)32-14-12-30-18-24(27)34-16-10-29-11-17-35-25(28)19-31-13-15-33-23-8-4-21(26)5-9-23;1-16-4-8-20(9-5-16)30-17(2)22(25)28-14-12-27-13-15-29-23(26)18(3)31-21-10-6-19(24)7-11-21;1-16-2-6-18(7-3-16)28-14-20(23)26-12-10-25-11-13-27-21(24)15-29-19-8-4-17(22)5-9-19/h10-17H,2-9,18-23,30H2,1H3;2-9H,10-19,26H2,1H3;4-11,17-18H,12-15,24H2,1-3H3;2-9H,10-15,22H2,1H3. The number of anilines is 4. The number of carbonyl (C=O) groups is 8. The van der Waals surface area contributed by atoms with Crippen molar-refractivity contribution in [3.8, 4) is 46.0 Å². The lowest BCUT2D eigenvalue weighted by atomic mass is 10.2. The third-order valence-electron chi connectivity index (χ3n) is 17.5. The number of hydrogen-bond donors (Lipinski definition) is 4. The Bertz CT molecular complexity index is 4180. The average molecular weight is 1840 g/mol. The zero-order chi connectivity index (χ0) is 95.2. The van der Waals surface area contributed by atoms with Crippen LogP contribution in [0.5, 0.6) is 46.0 Å². The van der Waals surface area contributed by atoms with E-state index in [0.717, 1.165) is 72.5 Å². The molecule has 0 heterocycles. The van der Waals surface area contributed by atoms with Crippen LogP contribution in [-0.4, -0.2) is 232 Å².